The molecule has 0 unspecified atom stereocenters. The summed E-state index contributed by atoms with van der Waals surface area (Å²) in [7, 11) is -1.31. The summed E-state index contributed by atoms with van der Waals surface area (Å²) in [6, 6.07) is 17.0. The first-order valence-corrected chi connectivity index (χ1v) is 10.6. The van der Waals surface area contributed by atoms with E-state index in [1.54, 1.807) is 12.1 Å². The zero-order valence-electron chi connectivity index (χ0n) is 15.3. The van der Waals surface area contributed by atoms with Gasteiger partial charge in [0, 0.05) is 32.7 Å². The molecular formula is C20H27N3O2S. The van der Waals surface area contributed by atoms with Crippen molar-refractivity contribution in [2.75, 3.05) is 46.3 Å². The van der Waals surface area contributed by atoms with Gasteiger partial charge in [-0.2, -0.15) is 0 Å². The molecule has 0 aromatic heterocycles. The maximum atomic E-state index is 12.4. The molecule has 0 amide bonds. The molecule has 0 aliphatic carbocycles. The number of hydrogen-bond acceptors (Lipinski definition) is 4. The van der Waals surface area contributed by atoms with Crippen molar-refractivity contribution in [2.24, 2.45) is 0 Å². The Hall–Kier alpha value is -1.73. The van der Waals surface area contributed by atoms with Gasteiger partial charge >= 0.3 is 0 Å². The molecule has 6 heteroatoms. The number of piperazine rings is 1. The Bertz CT molecular complexity index is 784. The van der Waals surface area contributed by atoms with E-state index in [-0.39, 0.29) is 0 Å². The Balaban J connectivity index is 1.50. The van der Waals surface area contributed by atoms with E-state index in [4.69, 9.17) is 0 Å². The van der Waals surface area contributed by atoms with Crippen LogP contribution in [0.3, 0.4) is 0 Å². The first-order valence-electron chi connectivity index (χ1n) is 9.11. The van der Waals surface area contributed by atoms with Crippen LogP contribution in [0.2, 0.25) is 0 Å². The van der Waals surface area contributed by atoms with Crippen LogP contribution in [-0.4, -0.2) is 64.5 Å². The Morgan fingerprint density at radius 3 is 2.15 bits per heavy atom. The zero-order chi connectivity index (χ0) is 18.4. The molecule has 3 rings (SSSR count). The number of sulfonamides is 1. The van der Waals surface area contributed by atoms with Gasteiger partial charge in [0.15, 0.2) is 0 Å². The van der Waals surface area contributed by atoms with Crippen molar-refractivity contribution in [3.63, 3.8) is 0 Å². The van der Waals surface area contributed by atoms with E-state index in [2.05, 4.69) is 21.6 Å². The van der Waals surface area contributed by atoms with E-state index >= 15 is 0 Å². The zero-order valence-corrected chi connectivity index (χ0v) is 16.1. The van der Waals surface area contributed by atoms with Gasteiger partial charge in [-0.3, -0.25) is 0 Å². The van der Waals surface area contributed by atoms with Gasteiger partial charge in [0.25, 0.3) is 0 Å². The molecule has 1 aliphatic heterocycles. The van der Waals surface area contributed by atoms with Crippen LogP contribution in [0, 0.1) is 0 Å². The average Bonchev–Trinajstić information content (AvgIpc) is 2.67. The van der Waals surface area contributed by atoms with Crippen molar-refractivity contribution in [1.29, 1.82) is 0 Å². The molecule has 5 nitrogen and oxygen atoms in total. The van der Waals surface area contributed by atoms with Gasteiger partial charge in [-0.1, -0.05) is 42.5 Å². The topological polar surface area (TPSA) is 52.6 Å². The highest BCUT2D eigenvalue weighted by Crippen LogP contribution is 2.20. The molecule has 0 bridgehead atoms. The van der Waals surface area contributed by atoms with Crippen LogP contribution in [0.5, 0.6) is 0 Å². The molecule has 1 fully saturated rings. The molecular weight excluding hydrogens is 346 g/mol. The molecule has 2 aromatic rings. The van der Waals surface area contributed by atoms with E-state index in [1.165, 1.54) is 0 Å². The minimum atomic E-state index is -3.45. The van der Waals surface area contributed by atoms with Crippen molar-refractivity contribution in [3.05, 3.63) is 54.6 Å². The van der Waals surface area contributed by atoms with E-state index < -0.39 is 10.0 Å². The summed E-state index contributed by atoms with van der Waals surface area (Å²) in [6.45, 7) is 5.69. The highest BCUT2D eigenvalue weighted by atomic mass is 32.2. The summed E-state index contributed by atoms with van der Waals surface area (Å²) in [5, 5.41) is 0. The lowest BCUT2D eigenvalue weighted by atomic mass is 10.1. The molecule has 0 spiro atoms. The van der Waals surface area contributed by atoms with Crippen molar-refractivity contribution < 1.29 is 8.42 Å². The molecule has 1 saturated heterocycles. The van der Waals surface area contributed by atoms with Crippen LogP contribution in [0.1, 0.15) is 6.42 Å². The predicted molar refractivity (Wildman–Crippen MR) is 106 cm³/mol. The number of nitrogens with one attached hydrogen (secondary N) is 1. The number of nitrogens with zero attached hydrogens (tertiary/aromatic N) is 2. The van der Waals surface area contributed by atoms with Crippen molar-refractivity contribution in [3.8, 4) is 11.1 Å². The van der Waals surface area contributed by atoms with Crippen LogP contribution >= 0.6 is 0 Å². The lowest BCUT2D eigenvalue weighted by Gasteiger charge is -2.32. The lowest BCUT2D eigenvalue weighted by Crippen LogP contribution is -2.45. The van der Waals surface area contributed by atoms with Crippen LogP contribution in [0.4, 0.5) is 0 Å². The third-order valence-corrected chi connectivity index (χ3v) is 6.29. The molecule has 1 aliphatic rings. The number of likely N-dealkylation sites (N-methyl/N-ethyl adjacent to an activating group) is 1. The minimum absolute atomic E-state index is 0.316. The Morgan fingerprint density at radius 1 is 0.885 bits per heavy atom. The number of rotatable bonds is 7. The van der Waals surface area contributed by atoms with Crippen molar-refractivity contribution in [1.82, 2.24) is 14.5 Å². The smallest absolute Gasteiger partial charge is 0.240 e. The maximum absolute atomic E-state index is 12.4. The second-order valence-corrected chi connectivity index (χ2v) is 8.55. The van der Waals surface area contributed by atoms with Crippen molar-refractivity contribution >= 4 is 10.0 Å². The fourth-order valence-electron chi connectivity index (χ4n) is 3.12. The number of benzene rings is 2. The largest absolute Gasteiger partial charge is 0.304 e. The second-order valence-electron chi connectivity index (χ2n) is 6.79. The molecule has 0 saturated carbocycles. The SMILES string of the molecule is CN1CCN(CCCNS(=O)(=O)c2ccc(-c3ccccc3)cc2)CC1. The summed E-state index contributed by atoms with van der Waals surface area (Å²) in [5.41, 5.74) is 2.09. The van der Waals surface area contributed by atoms with Crippen LogP contribution < -0.4 is 4.72 Å². The van der Waals surface area contributed by atoms with Crippen molar-refractivity contribution in [2.45, 2.75) is 11.3 Å². The van der Waals surface area contributed by atoms with E-state index in [0.29, 0.717) is 11.4 Å². The van der Waals surface area contributed by atoms with Gasteiger partial charge < -0.3 is 9.80 Å². The highest BCUT2D eigenvalue weighted by molar-refractivity contribution is 7.89. The summed E-state index contributed by atoms with van der Waals surface area (Å²) in [5.74, 6) is 0. The molecule has 0 radical (unpaired) electrons. The third kappa shape index (κ3) is 5.14. The fourth-order valence-corrected chi connectivity index (χ4v) is 4.20. The third-order valence-electron chi connectivity index (χ3n) is 4.81. The number of hydrogen-bond donors (Lipinski definition) is 1. The van der Waals surface area contributed by atoms with Gasteiger partial charge in [-0.25, -0.2) is 13.1 Å². The minimum Gasteiger partial charge on any atom is -0.304 e. The Morgan fingerprint density at radius 2 is 1.50 bits per heavy atom. The Kier molecular flexibility index (Phi) is 6.43. The maximum Gasteiger partial charge on any atom is 0.240 e. The van der Waals surface area contributed by atoms with Gasteiger partial charge in [0.1, 0.15) is 0 Å². The quantitative estimate of drug-likeness (QED) is 0.757. The molecule has 1 N–H and O–H groups in total. The molecule has 2 aromatic carbocycles. The van der Waals surface area contributed by atoms with Gasteiger partial charge in [0.05, 0.1) is 4.90 Å². The van der Waals surface area contributed by atoms with Gasteiger partial charge in [-0.05, 0) is 43.3 Å². The Labute approximate surface area is 156 Å². The molecule has 0 atom stereocenters. The molecule has 140 valence electrons. The van der Waals surface area contributed by atoms with E-state index in [9.17, 15) is 8.42 Å². The van der Waals surface area contributed by atoms with Crippen LogP contribution in [-0.2, 0) is 10.0 Å². The first kappa shape index (κ1) is 19.0. The predicted octanol–water partition coefficient (Wildman–Crippen LogP) is 2.27. The summed E-state index contributed by atoms with van der Waals surface area (Å²) >= 11 is 0. The average molecular weight is 374 g/mol. The van der Waals surface area contributed by atoms with Crippen LogP contribution in [0.15, 0.2) is 59.5 Å². The normalized spacial score (nSPS) is 16.7. The highest BCUT2D eigenvalue weighted by Gasteiger charge is 2.15. The summed E-state index contributed by atoms with van der Waals surface area (Å²) in [4.78, 5) is 5.03. The summed E-state index contributed by atoms with van der Waals surface area (Å²) < 4.78 is 27.6. The van der Waals surface area contributed by atoms with Crippen LogP contribution in [0.25, 0.3) is 11.1 Å². The monoisotopic (exact) mass is 373 g/mol. The second kappa shape index (κ2) is 8.77. The molecule has 26 heavy (non-hydrogen) atoms. The standard InChI is InChI=1S/C20H27N3O2S/c1-22-14-16-23(17-15-22)13-5-12-21-26(24,25)20-10-8-19(9-11-20)18-6-3-2-4-7-18/h2-4,6-11,21H,5,12-17H2,1H3. The summed E-state index contributed by atoms with van der Waals surface area (Å²) in [6.07, 6.45) is 0.824. The first-order chi connectivity index (χ1) is 12.5. The van der Waals surface area contributed by atoms with Gasteiger partial charge in [-0.15, -0.1) is 0 Å². The van der Waals surface area contributed by atoms with E-state index in [0.717, 1.165) is 50.3 Å². The van der Waals surface area contributed by atoms with Gasteiger partial charge in [0.2, 0.25) is 10.0 Å². The van der Waals surface area contributed by atoms with E-state index in [1.807, 2.05) is 42.5 Å². The lowest BCUT2D eigenvalue weighted by molar-refractivity contribution is 0.153. The fraction of sp³-hybridized carbons (Fsp3) is 0.400. The molecule has 1 heterocycles.